The van der Waals surface area contributed by atoms with E-state index in [0.29, 0.717) is 0 Å². The van der Waals surface area contributed by atoms with Crippen molar-refractivity contribution in [3.05, 3.63) is 16.9 Å². The summed E-state index contributed by atoms with van der Waals surface area (Å²) in [4.78, 5) is 0. The Hall–Kier alpha value is -0.860. The van der Waals surface area contributed by atoms with Crippen molar-refractivity contribution < 1.29 is 47.7 Å². The fourth-order valence-corrected chi connectivity index (χ4v) is 2.58. The predicted octanol–water partition coefficient (Wildman–Crippen LogP) is 3.07. The van der Waals surface area contributed by atoms with E-state index < -0.39 is 31.1 Å². The van der Waals surface area contributed by atoms with Crippen LogP contribution < -0.4 is 0 Å². The Labute approximate surface area is 136 Å². The van der Waals surface area contributed by atoms with Crippen molar-refractivity contribution in [2.75, 3.05) is 20.6 Å². The van der Waals surface area contributed by atoms with Crippen LogP contribution in [0.4, 0.5) is 26.3 Å². The molecular weight excluding hydrogens is 390 g/mol. The molecule has 0 rings (SSSR count). The maximum absolute atomic E-state index is 11.4. The van der Waals surface area contributed by atoms with Crippen LogP contribution in [0.25, 0.3) is 4.13 Å². The molecule has 0 bridgehead atoms. The molecule has 6 nitrogen and oxygen atoms in total. The number of hydrogen-bond acceptors (Lipinski definition) is 4. The van der Waals surface area contributed by atoms with Crippen molar-refractivity contribution in [3.63, 3.8) is 0 Å². The topological polar surface area (TPSA) is 82.4 Å². The summed E-state index contributed by atoms with van der Waals surface area (Å²) in [7, 11) is -9.10. The van der Waals surface area contributed by atoms with Gasteiger partial charge in [0, 0.05) is 0 Å². The largest absolute Gasteiger partial charge is 0.480 e. The van der Waals surface area contributed by atoms with Crippen molar-refractivity contribution in [1.82, 2.24) is 0 Å². The van der Waals surface area contributed by atoms with Crippen LogP contribution in [0.15, 0.2) is 12.8 Å². The molecular formula is C10H18F6N2O4S2. The van der Waals surface area contributed by atoms with E-state index in [1.54, 1.807) is 0 Å². The van der Waals surface area contributed by atoms with Crippen LogP contribution in [0, 0.1) is 0 Å². The Morgan fingerprint density at radius 2 is 1.29 bits per heavy atom. The highest BCUT2D eigenvalue weighted by Gasteiger charge is 2.46. The van der Waals surface area contributed by atoms with Gasteiger partial charge in [-0.25, -0.2) is 16.8 Å². The summed E-state index contributed by atoms with van der Waals surface area (Å²) in [6.45, 7) is 7.18. The lowest BCUT2D eigenvalue weighted by Crippen LogP contribution is -2.33. The molecule has 14 heteroatoms. The first-order valence-corrected chi connectivity index (χ1v) is 9.04. The van der Waals surface area contributed by atoms with Gasteiger partial charge in [-0.15, -0.1) is 0 Å². The monoisotopic (exact) mass is 408 g/mol. The van der Waals surface area contributed by atoms with Gasteiger partial charge in [-0.2, -0.15) is 26.3 Å². The molecule has 0 aliphatic rings. The van der Waals surface area contributed by atoms with Crippen molar-refractivity contribution >= 4 is 20.0 Å². The fraction of sp³-hybridized carbons (Fsp3) is 0.800. The highest BCUT2D eigenvalue weighted by Crippen LogP contribution is 2.36. The SMILES string of the molecule is C=C[N+](C)(C)CCCC.O=S(=O)([N-]S(=O)(=O)C(F)(F)F)C(F)(F)F. The summed E-state index contributed by atoms with van der Waals surface area (Å²) >= 11 is 0. The Kier molecular flexibility index (Phi) is 8.98. The van der Waals surface area contributed by atoms with Crippen LogP contribution in [0.5, 0.6) is 0 Å². The van der Waals surface area contributed by atoms with Crippen molar-refractivity contribution in [2.24, 2.45) is 0 Å². The first-order chi connectivity index (χ1) is 10.3. The number of sulfonamides is 2. The molecule has 0 radical (unpaired) electrons. The van der Waals surface area contributed by atoms with E-state index >= 15 is 0 Å². The predicted molar refractivity (Wildman–Crippen MR) is 75.4 cm³/mol. The Balaban J connectivity index is 0. The normalized spacial score (nSPS) is 13.9. The number of nitrogens with zero attached hydrogens (tertiary/aromatic N) is 2. The number of alkyl halides is 6. The van der Waals surface area contributed by atoms with E-state index in [9.17, 15) is 43.2 Å². The summed E-state index contributed by atoms with van der Waals surface area (Å²) < 4.78 is 110. The van der Waals surface area contributed by atoms with Gasteiger partial charge < -0.3 is 8.61 Å². The van der Waals surface area contributed by atoms with E-state index in [-0.39, 0.29) is 0 Å². The molecule has 24 heavy (non-hydrogen) atoms. The summed E-state index contributed by atoms with van der Waals surface area (Å²) in [5.41, 5.74) is -12.4. The Bertz CT molecular complexity index is 566. The summed E-state index contributed by atoms with van der Waals surface area (Å²) in [5.74, 6) is 0. The smallest absolute Gasteiger partial charge is 0.421 e. The van der Waals surface area contributed by atoms with Gasteiger partial charge in [0.25, 0.3) is 0 Å². The minimum atomic E-state index is -6.72. The van der Waals surface area contributed by atoms with Gasteiger partial charge in [-0.05, 0) is 13.0 Å². The van der Waals surface area contributed by atoms with Crippen LogP contribution in [0.1, 0.15) is 19.8 Å². The molecule has 0 aromatic carbocycles. The highest BCUT2D eigenvalue weighted by molar-refractivity contribution is 8.13. The fourth-order valence-electron chi connectivity index (χ4n) is 0.871. The Morgan fingerprint density at radius 1 is 0.958 bits per heavy atom. The average Bonchev–Trinajstić information content (AvgIpc) is 2.33. The minimum absolute atomic E-state index is 0.778. The van der Waals surface area contributed by atoms with E-state index in [0.717, 1.165) is 8.61 Å². The third-order valence-corrected chi connectivity index (χ3v) is 5.10. The summed E-state index contributed by atoms with van der Waals surface area (Å²) in [6, 6.07) is 0. The highest BCUT2D eigenvalue weighted by atomic mass is 32.3. The minimum Gasteiger partial charge on any atom is -0.421 e. The quantitative estimate of drug-likeness (QED) is 0.500. The molecule has 0 saturated heterocycles. The van der Waals surface area contributed by atoms with E-state index in [1.807, 2.05) is 6.20 Å². The maximum atomic E-state index is 11.4. The number of unbranched alkanes of at least 4 members (excludes halogenated alkanes) is 1. The molecule has 0 spiro atoms. The number of halogens is 6. The van der Waals surface area contributed by atoms with Gasteiger partial charge in [0.2, 0.25) is 0 Å². The molecule has 0 aliphatic carbocycles. The third-order valence-electron chi connectivity index (χ3n) is 2.36. The van der Waals surface area contributed by atoms with Crippen molar-refractivity contribution in [3.8, 4) is 0 Å². The standard InChI is InChI=1S/C8H18N.C2F6NO4S2/c1-5-7-8-9(3,4)6-2;3-1(4,5)14(10,11)9-15(12,13)2(6,7)8/h6H,2,5,7-8H2,1,3-4H3;/q+1;-1. The molecule has 0 N–H and O–H groups in total. The van der Waals surface area contributed by atoms with Crippen LogP contribution in [-0.4, -0.2) is 53.0 Å². The molecule has 146 valence electrons. The molecule has 0 atom stereocenters. The summed E-state index contributed by atoms with van der Waals surface area (Å²) in [5, 5.41) is 0. The molecule has 0 aromatic rings. The van der Waals surface area contributed by atoms with E-state index in [1.165, 1.54) is 19.4 Å². The molecule has 0 aromatic heterocycles. The zero-order chi connectivity index (χ0) is 20.0. The van der Waals surface area contributed by atoms with E-state index in [4.69, 9.17) is 0 Å². The van der Waals surface area contributed by atoms with Crippen LogP contribution in [0.3, 0.4) is 0 Å². The first-order valence-electron chi connectivity index (χ1n) is 6.16. The van der Waals surface area contributed by atoms with Gasteiger partial charge in [-0.1, -0.05) is 13.3 Å². The van der Waals surface area contributed by atoms with Gasteiger partial charge in [-0.3, -0.25) is 0 Å². The van der Waals surface area contributed by atoms with Crippen molar-refractivity contribution in [1.29, 1.82) is 0 Å². The number of hydrogen-bond donors (Lipinski definition) is 0. The molecule has 0 aliphatic heterocycles. The summed E-state index contributed by atoms with van der Waals surface area (Å²) in [6.07, 6.45) is 4.55. The molecule has 0 fully saturated rings. The maximum Gasteiger partial charge on any atom is 0.480 e. The van der Waals surface area contributed by atoms with Crippen LogP contribution in [0.2, 0.25) is 0 Å². The number of quaternary nitrogens is 1. The molecule has 0 amide bonds. The van der Waals surface area contributed by atoms with E-state index in [2.05, 4.69) is 27.6 Å². The zero-order valence-corrected chi connectivity index (χ0v) is 14.7. The Morgan fingerprint density at radius 3 is 1.50 bits per heavy atom. The van der Waals surface area contributed by atoms with Gasteiger partial charge in [0.15, 0.2) is 20.0 Å². The molecule has 0 unspecified atom stereocenters. The van der Waals surface area contributed by atoms with Gasteiger partial charge in [0.1, 0.15) is 0 Å². The van der Waals surface area contributed by atoms with Crippen LogP contribution >= 0.6 is 0 Å². The van der Waals surface area contributed by atoms with Gasteiger partial charge in [0.05, 0.1) is 26.8 Å². The lowest BCUT2D eigenvalue weighted by molar-refractivity contribution is -0.838. The lowest BCUT2D eigenvalue weighted by atomic mass is 10.3. The average molecular weight is 408 g/mol. The zero-order valence-electron chi connectivity index (χ0n) is 13.0. The second kappa shape index (κ2) is 8.49. The lowest BCUT2D eigenvalue weighted by Gasteiger charge is -2.23. The van der Waals surface area contributed by atoms with Crippen LogP contribution in [-0.2, 0) is 20.0 Å². The second-order valence-electron chi connectivity index (χ2n) is 4.95. The first kappa shape index (κ1) is 25.4. The third kappa shape index (κ3) is 8.84. The number of rotatable bonds is 6. The molecule has 0 saturated carbocycles. The van der Waals surface area contributed by atoms with Gasteiger partial charge >= 0.3 is 11.0 Å². The van der Waals surface area contributed by atoms with Crippen molar-refractivity contribution in [2.45, 2.75) is 30.8 Å². The second-order valence-corrected chi connectivity index (χ2v) is 8.38. The molecule has 0 heterocycles.